The van der Waals surface area contributed by atoms with Crippen LogP contribution in [0, 0.1) is 0 Å². The van der Waals surface area contributed by atoms with E-state index in [2.05, 4.69) is 10.3 Å². The smallest absolute Gasteiger partial charge is 0.358 e. The lowest BCUT2D eigenvalue weighted by Crippen LogP contribution is -2.12. The predicted octanol–water partition coefficient (Wildman–Crippen LogP) is -0.155. The van der Waals surface area contributed by atoms with Gasteiger partial charge in [-0.15, -0.1) is 5.10 Å². The Labute approximate surface area is 75.3 Å². The zero-order chi connectivity index (χ0) is 9.84. The summed E-state index contributed by atoms with van der Waals surface area (Å²) in [7, 11) is 0. The molecule has 0 unspecified atom stereocenters. The summed E-state index contributed by atoms with van der Waals surface area (Å²) >= 11 is 0. The van der Waals surface area contributed by atoms with Crippen molar-refractivity contribution in [2.24, 2.45) is 5.73 Å². The van der Waals surface area contributed by atoms with Crippen molar-refractivity contribution in [1.82, 2.24) is 15.0 Å². The van der Waals surface area contributed by atoms with Gasteiger partial charge in [-0.25, -0.2) is 9.48 Å². The van der Waals surface area contributed by atoms with E-state index in [1.54, 1.807) is 0 Å². The van der Waals surface area contributed by atoms with Crippen molar-refractivity contribution in [3.8, 4) is 0 Å². The maximum Gasteiger partial charge on any atom is 0.358 e. The number of nitrogens with two attached hydrogens (primary N) is 1. The topological polar surface area (TPSA) is 94.0 Å². The molecule has 6 heteroatoms. The van der Waals surface area contributed by atoms with Crippen LogP contribution in [0.3, 0.4) is 0 Å². The maximum atomic E-state index is 10.6. The van der Waals surface area contributed by atoms with Gasteiger partial charge >= 0.3 is 5.97 Å². The SMILES string of the molecule is CCCn1nnc(C(=O)O)c1CN. The van der Waals surface area contributed by atoms with E-state index in [1.165, 1.54) is 4.68 Å². The van der Waals surface area contributed by atoms with Crippen LogP contribution in [-0.4, -0.2) is 26.1 Å². The van der Waals surface area contributed by atoms with Crippen molar-refractivity contribution in [2.45, 2.75) is 26.4 Å². The van der Waals surface area contributed by atoms with Gasteiger partial charge in [0.2, 0.25) is 0 Å². The maximum absolute atomic E-state index is 10.6. The number of nitrogens with zero attached hydrogens (tertiary/aromatic N) is 3. The van der Waals surface area contributed by atoms with Gasteiger partial charge in [0.25, 0.3) is 0 Å². The predicted molar refractivity (Wildman–Crippen MR) is 45.2 cm³/mol. The van der Waals surface area contributed by atoms with Gasteiger partial charge in [0.15, 0.2) is 5.69 Å². The molecule has 0 aliphatic heterocycles. The highest BCUT2D eigenvalue weighted by atomic mass is 16.4. The Hall–Kier alpha value is -1.43. The van der Waals surface area contributed by atoms with E-state index in [0.29, 0.717) is 12.2 Å². The second-order valence-corrected chi connectivity index (χ2v) is 2.62. The van der Waals surface area contributed by atoms with Crippen LogP contribution in [0.25, 0.3) is 0 Å². The van der Waals surface area contributed by atoms with E-state index in [4.69, 9.17) is 10.8 Å². The van der Waals surface area contributed by atoms with Crippen molar-refractivity contribution in [1.29, 1.82) is 0 Å². The molecule has 1 aromatic heterocycles. The van der Waals surface area contributed by atoms with Gasteiger partial charge < -0.3 is 10.8 Å². The Morgan fingerprint density at radius 2 is 2.38 bits per heavy atom. The third kappa shape index (κ3) is 1.83. The van der Waals surface area contributed by atoms with E-state index in [1.807, 2.05) is 6.92 Å². The highest BCUT2D eigenvalue weighted by molar-refractivity contribution is 5.86. The van der Waals surface area contributed by atoms with E-state index in [0.717, 1.165) is 6.42 Å². The average molecular weight is 184 g/mol. The first kappa shape index (κ1) is 9.66. The lowest BCUT2D eigenvalue weighted by Gasteiger charge is -2.01. The third-order valence-electron chi connectivity index (χ3n) is 1.67. The molecular formula is C7H12N4O2. The fourth-order valence-electron chi connectivity index (χ4n) is 1.09. The minimum absolute atomic E-state index is 0.0454. The number of aromatic carboxylic acids is 1. The molecule has 0 aliphatic rings. The first-order chi connectivity index (χ1) is 6.20. The lowest BCUT2D eigenvalue weighted by molar-refractivity contribution is 0.0689. The Morgan fingerprint density at radius 1 is 1.69 bits per heavy atom. The van der Waals surface area contributed by atoms with E-state index in [-0.39, 0.29) is 12.2 Å². The number of rotatable bonds is 4. The highest BCUT2D eigenvalue weighted by Crippen LogP contribution is 2.04. The molecule has 0 saturated heterocycles. The summed E-state index contributed by atoms with van der Waals surface area (Å²) in [4.78, 5) is 10.6. The largest absolute Gasteiger partial charge is 0.476 e. The minimum atomic E-state index is -1.08. The molecule has 0 atom stereocenters. The lowest BCUT2D eigenvalue weighted by atomic mass is 10.3. The fraction of sp³-hybridized carbons (Fsp3) is 0.571. The Bertz CT molecular complexity index is 307. The van der Waals surface area contributed by atoms with Crippen molar-refractivity contribution in [2.75, 3.05) is 0 Å². The van der Waals surface area contributed by atoms with Gasteiger partial charge in [-0.1, -0.05) is 12.1 Å². The normalized spacial score (nSPS) is 10.3. The standard InChI is InChI=1S/C7H12N4O2/c1-2-3-11-5(4-8)6(7(12)13)9-10-11/h2-4,8H2,1H3,(H,12,13). The van der Waals surface area contributed by atoms with Gasteiger partial charge in [0.05, 0.1) is 5.69 Å². The zero-order valence-electron chi connectivity index (χ0n) is 7.40. The van der Waals surface area contributed by atoms with Crippen LogP contribution in [-0.2, 0) is 13.1 Å². The molecular weight excluding hydrogens is 172 g/mol. The molecule has 6 nitrogen and oxygen atoms in total. The van der Waals surface area contributed by atoms with Gasteiger partial charge in [-0.05, 0) is 6.42 Å². The van der Waals surface area contributed by atoms with Crippen molar-refractivity contribution < 1.29 is 9.90 Å². The Kier molecular flexibility index (Phi) is 2.97. The van der Waals surface area contributed by atoms with Gasteiger partial charge in [0.1, 0.15) is 0 Å². The quantitative estimate of drug-likeness (QED) is 0.678. The van der Waals surface area contributed by atoms with Crippen molar-refractivity contribution in [3.05, 3.63) is 11.4 Å². The molecule has 0 spiro atoms. The molecule has 1 rings (SSSR count). The summed E-state index contributed by atoms with van der Waals surface area (Å²) in [5, 5.41) is 15.9. The number of aromatic nitrogens is 3. The minimum Gasteiger partial charge on any atom is -0.476 e. The van der Waals surface area contributed by atoms with Crippen LogP contribution in [0.15, 0.2) is 0 Å². The van der Waals surface area contributed by atoms with E-state index in [9.17, 15) is 4.79 Å². The number of hydrogen-bond acceptors (Lipinski definition) is 4. The molecule has 0 bridgehead atoms. The Balaban J connectivity index is 3.03. The number of carbonyl (C=O) groups is 1. The first-order valence-corrected chi connectivity index (χ1v) is 4.06. The highest BCUT2D eigenvalue weighted by Gasteiger charge is 2.16. The van der Waals surface area contributed by atoms with Crippen LogP contribution in [0.5, 0.6) is 0 Å². The number of carboxylic acids is 1. The molecule has 13 heavy (non-hydrogen) atoms. The molecule has 1 aromatic rings. The summed E-state index contributed by atoms with van der Waals surface area (Å²) in [6, 6.07) is 0. The summed E-state index contributed by atoms with van der Waals surface area (Å²) < 4.78 is 1.53. The molecule has 0 radical (unpaired) electrons. The fourth-order valence-corrected chi connectivity index (χ4v) is 1.09. The molecule has 72 valence electrons. The van der Waals surface area contributed by atoms with Crippen LogP contribution in [0.1, 0.15) is 29.5 Å². The second-order valence-electron chi connectivity index (χ2n) is 2.62. The van der Waals surface area contributed by atoms with Crippen LogP contribution in [0.4, 0.5) is 0 Å². The Morgan fingerprint density at radius 3 is 2.85 bits per heavy atom. The molecule has 0 aromatic carbocycles. The zero-order valence-corrected chi connectivity index (χ0v) is 7.40. The van der Waals surface area contributed by atoms with Crippen molar-refractivity contribution in [3.63, 3.8) is 0 Å². The summed E-state index contributed by atoms with van der Waals surface area (Å²) in [5.74, 6) is -1.08. The van der Waals surface area contributed by atoms with E-state index >= 15 is 0 Å². The molecule has 3 N–H and O–H groups in total. The van der Waals surface area contributed by atoms with Crippen LogP contribution < -0.4 is 5.73 Å². The molecule has 0 amide bonds. The molecule has 0 aliphatic carbocycles. The van der Waals surface area contributed by atoms with Crippen LogP contribution >= 0.6 is 0 Å². The van der Waals surface area contributed by atoms with Crippen molar-refractivity contribution >= 4 is 5.97 Å². The number of carboxylic acid groups (broad SMARTS) is 1. The first-order valence-electron chi connectivity index (χ1n) is 4.06. The average Bonchev–Trinajstić information content (AvgIpc) is 2.48. The second kappa shape index (κ2) is 3.99. The summed E-state index contributed by atoms with van der Waals surface area (Å²) in [6.07, 6.45) is 0.870. The third-order valence-corrected chi connectivity index (χ3v) is 1.67. The monoisotopic (exact) mass is 184 g/mol. The number of aryl methyl sites for hydroxylation is 1. The van der Waals surface area contributed by atoms with Gasteiger partial charge in [-0.3, -0.25) is 0 Å². The van der Waals surface area contributed by atoms with Gasteiger partial charge in [-0.2, -0.15) is 0 Å². The van der Waals surface area contributed by atoms with Crippen LogP contribution in [0.2, 0.25) is 0 Å². The molecule has 0 fully saturated rings. The molecule has 1 heterocycles. The van der Waals surface area contributed by atoms with Gasteiger partial charge in [0, 0.05) is 13.1 Å². The summed E-state index contributed by atoms with van der Waals surface area (Å²) in [6.45, 7) is 2.77. The summed E-state index contributed by atoms with van der Waals surface area (Å²) in [5.41, 5.74) is 5.84. The molecule has 0 saturated carbocycles. The number of hydrogen-bond donors (Lipinski definition) is 2. The van der Waals surface area contributed by atoms with E-state index < -0.39 is 5.97 Å².